The zero-order valence-corrected chi connectivity index (χ0v) is 22.7. The molecule has 9 heteroatoms. The summed E-state index contributed by atoms with van der Waals surface area (Å²) >= 11 is 0. The monoisotopic (exact) mass is 537 g/mol. The molecule has 0 saturated heterocycles. The number of ether oxygens (including phenoxy) is 3. The minimum Gasteiger partial charge on any atom is -0.497 e. The normalized spacial score (nSPS) is 10.8. The van der Waals surface area contributed by atoms with Crippen LogP contribution in [0, 0.1) is 0 Å². The van der Waals surface area contributed by atoms with Crippen LogP contribution < -0.4 is 30.4 Å². The van der Waals surface area contributed by atoms with E-state index in [1.165, 1.54) is 4.57 Å². The summed E-state index contributed by atoms with van der Waals surface area (Å²) in [5.41, 5.74) is 3.74. The van der Waals surface area contributed by atoms with E-state index >= 15 is 0 Å². The first-order valence-electron chi connectivity index (χ1n) is 12.8. The predicted octanol–water partition coefficient (Wildman–Crippen LogP) is 5.15. The summed E-state index contributed by atoms with van der Waals surface area (Å²) in [7, 11) is 5.00. The number of aryl methyl sites for hydroxylation is 1. The summed E-state index contributed by atoms with van der Waals surface area (Å²) < 4.78 is 18.2. The molecule has 0 aliphatic rings. The number of hydrogen-bond acceptors (Lipinski definition) is 8. The molecule has 0 aliphatic carbocycles. The fourth-order valence-electron chi connectivity index (χ4n) is 4.35. The second-order valence-corrected chi connectivity index (χ2v) is 9.22. The fourth-order valence-corrected chi connectivity index (χ4v) is 4.35. The molecule has 2 N–H and O–H groups in total. The molecule has 2 aromatic carbocycles. The van der Waals surface area contributed by atoms with Crippen LogP contribution in [0.25, 0.3) is 10.8 Å². The number of nitrogens with one attached hydrogen (secondary N) is 2. The van der Waals surface area contributed by atoms with Crippen LogP contribution in [0.1, 0.15) is 16.7 Å². The second kappa shape index (κ2) is 12.2. The van der Waals surface area contributed by atoms with Crippen LogP contribution in [-0.2, 0) is 26.7 Å². The fraction of sp³-hybridized carbons (Fsp3) is 0.194. The standard InChI is InChI=1S/C31H31N5O4/c1-36-14-11-22(16-30(36)37)20-40-29-15-21(9-12-32-29)18-34-27-6-4-5-26-25(27)10-13-33-31(26)35-19-23-7-8-24(38-2)17-28(23)39-3/h4-17,34H,18-20H2,1-3H3,(H,33,35). The maximum atomic E-state index is 11.9. The van der Waals surface area contributed by atoms with Crippen LogP contribution in [0.5, 0.6) is 17.4 Å². The van der Waals surface area contributed by atoms with Crippen molar-refractivity contribution in [2.24, 2.45) is 7.05 Å². The van der Waals surface area contributed by atoms with Crippen LogP contribution in [0.2, 0.25) is 0 Å². The molecule has 40 heavy (non-hydrogen) atoms. The van der Waals surface area contributed by atoms with Gasteiger partial charge in [0.1, 0.15) is 23.9 Å². The van der Waals surface area contributed by atoms with E-state index in [9.17, 15) is 4.79 Å². The molecule has 0 bridgehead atoms. The molecule has 3 heterocycles. The van der Waals surface area contributed by atoms with Crippen molar-refractivity contribution in [3.05, 3.63) is 112 Å². The first-order chi connectivity index (χ1) is 19.5. The molecule has 0 radical (unpaired) electrons. The Kier molecular flexibility index (Phi) is 8.10. The number of fused-ring (bicyclic) bond motifs is 1. The van der Waals surface area contributed by atoms with E-state index < -0.39 is 0 Å². The Morgan fingerprint density at radius 2 is 1.70 bits per heavy atom. The number of aromatic nitrogens is 3. The van der Waals surface area contributed by atoms with Gasteiger partial charge in [-0.25, -0.2) is 9.97 Å². The highest BCUT2D eigenvalue weighted by atomic mass is 16.5. The van der Waals surface area contributed by atoms with Gasteiger partial charge in [0.15, 0.2) is 0 Å². The lowest BCUT2D eigenvalue weighted by atomic mass is 10.1. The molecule has 3 aromatic heterocycles. The Bertz CT molecular complexity index is 1680. The van der Waals surface area contributed by atoms with E-state index in [0.717, 1.165) is 50.5 Å². The minimum absolute atomic E-state index is 0.0730. The van der Waals surface area contributed by atoms with Gasteiger partial charge in [0.25, 0.3) is 5.56 Å². The third-order valence-corrected chi connectivity index (χ3v) is 6.58. The molecule has 0 unspecified atom stereocenters. The zero-order valence-electron chi connectivity index (χ0n) is 22.7. The van der Waals surface area contributed by atoms with E-state index in [4.69, 9.17) is 14.2 Å². The smallest absolute Gasteiger partial charge is 0.250 e. The molecule has 9 nitrogen and oxygen atoms in total. The lowest BCUT2D eigenvalue weighted by molar-refractivity contribution is 0.293. The Labute approximate surface area is 232 Å². The first-order valence-corrected chi connectivity index (χ1v) is 12.8. The molecular weight excluding hydrogens is 506 g/mol. The van der Waals surface area contributed by atoms with Gasteiger partial charge in [-0.1, -0.05) is 12.1 Å². The van der Waals surface area contributed by atoms with Gasteiger partial charge in [-0.15, -0.1) is 0 Å². The van der Waals surface area contributed by atoms with Crippen molar-refractivity contribution in [3.8, 4) is 17.4 Å². The van der Waals surface area contributed by atoms with E-state index in [2.05, 4.69) is 26.7 Å². The maximum absolute atomic E-state index is 11.9. The van der Waals surface area contributed by atoms with Crippen LogP contribution in [0.3, 0.4) is 0 Å². The molecule has 0 atom stereocenters. The molecule has 204 valence electrons. The Morgan fingerprint density at radius 3 is 2.52 bits per heavy atom. The molecule has 0 amide bonds. The highest BCUT2D eigenvalue weighted by Gasteiger charge is 2.10. The van der Waals surface area contributed by atoms with Crippen molar-refractivity contribution in [2.75, 3.05) is 24.9 Å². The SMILES string of the molecule is COc1ccc(CNc2nccc3c(NCc4ccnc(OCc5ccn(C)c(=O)c5)c4)cccc23)c(OC)c1. The number of rotatable bonds is 11. The Hall–Kier alpha value is -5.05. The highest BCUT2D eigenvalue weighted by Crippen LogP contribution is 2.30. The molecule has 5 aromatic rings. The van der Waals surface area contributed by atoms with Crippen molar-refractivity contribution < 1.29 is 14.2 Å². The van der Waals surface area contributed by atoms with Gasteiger partial charge in [0.05, 0.1) is 14.2 Å². The van der Waals surface area contributed by atoms with Crippen LogP contribution in [0.15, 0.2) is 90.1 Å². The van der Waals surface area contributed by atoms with Crippen molar-refractivity contribution in [1.82, 2.24) is 14.5 Å². The number of pyridine rings is 3. The molecule has 0 aliphatic heterocycles. The maximum Gasteiger partial charge on any atom is 0.250 e. The van der Waals surface area contributed by atoms with Gasteiger partial charge in [0, 0.05) is 79.0 Å². The molecule has 0 saturated carbocycles. The van der Waals surface area contributed by atoms with E-state index in [1.54, 1.807) is 45.9 Å². The van der Waals surface area contributed by atoms with Gasteiger partial charge in [-0.2, -0.15) is 0 Å². The number of benzene rings is 2. The third-order valence-electron chi connectivity index (χ3n) is 6.58. The number of nitrogens with zero attached hydrogens (tertiary/aromatic N) is 3. The average Bonchev–Trinajstić information content (AvgIpc) is 2.99. The number of anilines is 2. The third kappa shape index (κ3) is 6.15. The summed E-state index contributed by atoms with van der Waals surface area (Å²) in [6.45, 7) is 1.40. The summed E-state index contributed by atoms with van der Waals surface area (Å²) in [4.78, 5) is 20.8. The van der Waals surface area contributed by atoms with Crippen LogP contribution >= 0.6 is 0 Å². The summed E-state index contributed by atoms with van der Waals surface area (Å²) in [6.07, 6.45) is 5.25. The Morgan fingerprint density at radius 1 is 0.825 bits per heavy atom. The van der Waals surface area contributed by atoms with Crippen molar-refractivity contribution >= 4 is 22.3 Å². The summed E-state index contributed by atoms with van der Waals surface area (Å²) in [5.74, 6) is 2.79. The number of hydrogen-bond donors (Lipinski definition) is 2. The van der Waals surface area contributed by atoms with Crippen LogP contribution in [0.4, 0.5) is 11.5 Å². The molecule has 5 rings (SSSR count). The largest absolute Gasteiger partial charge is 0.497 e. The molecule has 0 fully saturated rings. The lowest BCUT2D eigenvalue weighted by Gasteiger charge is -2.15. The van der Waals surface area contributed by atoms with Crippen molar-refractivity contribution in [3.63, 3.8) is 0 Å². The van der Waals surface area contributed by atoms with Gasteiger partial charge in [-0.3, -0.25) is 4.79 Å². The predicted molar refractivity (Wildman–Crippen MR) is 156 cm³/mol. The summed E-state index contributed by atoms with van der Waals surface area (Å²) in [6, 6.07) is 21.2. The Balaban J connectivity index is 1.27. The first kappa shape index (κ1) is 26.6. The van der Waals surface area contributed by atoms with Gasteiger partial charge in [-0.05, 0) is 47.5 Å². The van der Waals surface area contributed by atoms with Crippen LogP contribution in [-0.4, -0.2) is 28.8 Å². The quantitative estimate of drug-likeness (QED) is 0.239. The van der Waals surface area contributed by atoms with Gasteiger partial charge < -0.3 is 29.4 Å². The van der Waals surface area contributed by atoms with E-state index in [1.807, 2.05) is 54.6 Å². The van der Waals surface area contributed by atoms with Crippen molar-refractivity contribution in [1.29, 1.82) is 0 Å². The second-order valence-electron chi connectivity index (χ2n) is 9.22. The van der Waals surface area contributed by atoms with Gasteiger partial charge >= 0.3 is 0 Å². The highest BCUT2D eigenvalue weighted by molar-refractivity contribution is 5.99. The topological polar surface area (TPSA) is 99.5 Å². The van der Waals surface area contributed by atoms with Gasteiger partial charge in [0.2, 0.25) is 5.88 Å². The minimum atomic E-state index is -0.0730. The molecule has 0 spiro atoms. The van der Waals surface area contributed by atoms with E-state index in [-0.39, 0.29) is 12.2 Å². The van der Waals surface area contributed by atoms with Crippen molar-refractivity contribution in [2.45, 2.75) is 19.7 Å². The summed E-state index contributed by atoms with van der Waals surface area (Å²) in [5, 5.41) is 9.05. The number of methoxy groups -OCH3 is 2. The van der Waals surface area contributed by atoms with E-state index in [0.29, 0.717) is 19.0 Å². The average molecular weight is 538 g/mol. The zero-order chi connectivity index (χ0) is 27.9. The lowest BCUT2D eigenvalue weighted by Crippen LogP contribution is -2.15. The molecular formula is C31H31N5O4.